The van der Waals surface area contributed by atoms with E-state index in [0.29, 0.717) is 15.8 Å². The van der Waals surface area contributed by atoms with Crippen molar-refractivity contribution in [3.05, 3.63) is 90.6 Å². The van der Waals surface area contributed by atoms with Gasteiger partial charge in [-0.2, -0.15) is 0 Å². The predicted octanol–water partition coefficient (Wildman–Crippen LogP) is 7.36. The second-order valence-corrected chi connectivity index (χ2v) is 11.2. The summed E-state index contributed by atoms with van der Waals surface area (Å²) in [4.78, 5) is 41.4. The normalized spacial score (nSPS) is 11.2. The first-order valence-corrected chi connectivity index (χ1v) is 13.6. The average molecular weight is 619 g/mol. The third kappa shape index (κ3) is 5.75. The molecule has 41 heavy (non-hydrogen) atoms. The van der Waals surface area contributed by atoms with Gasteiger partial charge < -0.3 is 20.2 Å². The lowest BCUT2D eigenvalue weighted by atomic mass is 10.1. The van der Waals surface area contributed by atoms with Crippen LogP contribution in [0.3, 0.4) is 0 Å². The molecule has 0 fully saturated rings. The Kier molecular flexibility index (Phi) is 7.71. The van der Waals surface area contributed by atoms with Gasteiger partial charge in [-0.1, -0.05) is 11.6 Å². The van der Waals surface area contributed by atoms with Gasteiger partial charge in [0.15, 0.2) is 5.76 Å². The van der Waals surface area contributed by atoms with E-state index in [1.54, 1.807) is 6.07 Å². The van der Waals surface area contributed by atoms with E-state index in [-0.39, 0.29) is 50.0 Å². The molecule has 0 saturated carbocycles. The SMILES string of the molecule is Cc1ccc(-c2cc(C(F)F)nc3sc(C(N)=O)c(NC(=O)c4ccc(COc5ccc([N+](=O)[O-])cc5Cl)o4)c23)s1. The maximum atomic E-state index is 13.7. The zero-order valence-corrected chi connectivity index (χ0v) is 23.2. The molecule has 1 aromatic carbocycles. The number of ether oxygens (including phenoxy) is 1. The first-order chi connectivity index (χ1) is 19.5. The first-order valence-electron chi connectivity index (χ1n) is 11.6. The number of halogens is 3. The number of furan rings is 1. The number of non-ortho nitro benzene ring substituents is 1. The zero-order chi connectivity index (χ0) is 29.4. The highest BCUT2D eigenvalue weighted by molar-refractivity contribution is 7.21. The number of anilines is 1. The number of fused-ring (bicyclic) bond motifs is 1. The fourth-order valence-corrected chi connectivity index (χ4v) is 6.05. The van der Waals surface area contributed by atoms with Gasteiger partial charge in [0.1, 0.15) is 33.5 Å². The number of primary amides is 1. The molecule has 0 bridgehead atoms. The molecular weight excluding hydrogens is 602 g/mol. The zero-order valence-electron chi connectivity index (χ0n) is 20.8. The number of nitro groups is 1. The van der Waals surface area contributed by atoms with Gasteiger partial charge in [-0.15, -0.1) is 22.7 Å². The Hall–Kier alpha value is -4.40. The van der Waals surface area contributed by atoms with Crippen LogP contribution in [0.2, 0.25) is 5.02 Å². The molecule has 15 heteroatoms. The van der Waals surface area contributed by atoms with Gasteiger partial charge in [0.05, 0.1) is 15.6 Å². The number of aryl methyl sites for hydroxylation is 1. The number of carbonyl (C=O) groups is 2. The van der Waals surface area contributed by atoms with Crippen molar-refractivity contribution >= 4 is 67.7 Å². The molecule has 0 radical (unpaired) electrons. The number of hydrogen-bond donors (Lipinski definition) is 2. The molecule has 0 atom stereocenters. The minimum absolute atomic E-state index is 0.0207. The number of amides is 2. The number of thiophene rings is 2. The number of nitrogens with zero attached hydrogens (tertiary/aromatic N) is 2. The summed E-state index contributed by atoms with van der Waals surface area (Å²) in [5.41, 5.74) is 5.31. The van der Waals surface area contributed by atoms with Gasteiger partial charge in [0.2, 0.25) is 0 Å². The lowest BCUT2D eigenvalue weighted by molar-refractivity contribution is -0.384. The van der Waals surface area contributed by atoms with E-state index < -0.39 is 28.9 Å². The van der Waals surface area contributed by atoms with Crippen LogP contribution in [0.25, 0.3) is 20.7 Å². The van der Waals surface area contributed by atoms with Gasteiger partial charge in [-0.25, -0.2) is 13.8 Å². The Morgan fingerprint density at radius 2 is 1.98 bits per heavy atom. The highest BCUT2D eigenvalue weighted by Gasteiger charge is 2.26. The lowest BCUT2D eigenvalue weighted by Crippen LogP contribution is -2.16. The Bertz CT molecular complexity index is 1830. The van der Waals surface area contributed by atoms with Crippen molar-refractivity contribution in [2.75, 3.05) is 5.32 Å². The second kappa shape index (κ2) is 11.2. The number of nitrogens with one attached hydrogen (secondary N) is 1. The Labute approximate surface area is 242 Å². The average Bonchev–Trinajstić information content (AvgIpc) is 3.66. The molecule has 0 spiro atoms. The van der Waals surface area contributed by atoms with E-state index in [4.69, 9.17) is 26.5 Å². The smallest absolute Gasteiger partial charge is 0.291 e. The number of nitro benzene ring substituents is 1. The molecule has 4 heterocycles. The van der Waals surface area contributed by atoms with Crippen LogP contribution >= 0.6 is 34.3 Å². The summed E-state index contributed by atoms with van der Waals surface area (Å²) < 4.78 is 38.5. The number of benzene rings is 1. The van der Waals surface area contributed by atoms with Crippen LogP contribution in [0, 0.1) is 17.0 Å². The van der Waals surface area contributed by atoms with E-state index in [1.807, 2.05) is 13.0 Å². The maximum absolute atomic E-state index is 13.7. The van der Waals surface area contributed by atoms with Crippen molar-refractivity contribution in [1.29, 1.82) is 0 Å². The summed E-state index contributed by atoms with van der Waals surface area (Å²) in [7, 11) is 0. The van der Waals surface area contributed by atoms with Crippen molar-refractivity contribution in [1.82, 2.24) is 4.98 Å². The number of hydrogen-bond acceptors (Lipinski definition) is 9. The Morgan fingerprint density at radius 1 is 1.20 bits per heavy atom. The third-order valence-electron chi connectivity index (χ3n) is 5.76. The molecule has 0 aliphatic rings. The van der Waals surface area contributed by atoms with E-state index in [1.165, 1.54) is 41.7 Å². The Morgan fingerprint density at radius 3 is 2.61 bits per heavy atom. The topological polar surface area (TPSA) is 151 Å². The molecule has 2 amide bonds. The second-order valence-electron chi connectivity index (χ2n) is 8.54. The van der Waals surface area contributed by atoms with Gasteiger partial charge in [0.25, 0.3) is 23.9 Å². The molecule has 10 nitrogen and oxygen atoms in total. The summed E-state index contributed by atoms with van der Waals surface area (Å²) in [6.07, 6.45) is -2.86. The van der Waals surface area contributed by atoms with E-state index in [0.717, 1.165) is 22.3 Å². The molecular formula is C26H17ClF2N4O6S2. The van der Waals surface area contributed by atoms with E-state index in [9.17, 15) is 28.5 Å². The van der Waals surface area contributed by atoms with Crippen LogP contribution in [-0.2, 0) is 6.61 Å². The highest BCUT2D eigenvalue weighted by atomic mass is 35.5. The van der Waals surface area contributed by atoms with Gasteiger partial charge in [-0.3, -0.25) is 19.7 Å². The summed E-state index contributed by atoms with van der Waals surface area (Å²) >= 11 is 8.19. The Balaban J connectivity index is 1.45. The van der Waals surface area contributed by atoms with Crippen molar-refractivity contribution in [3.63, 3.8) is 0 Å². The summed E-state index contributed by atoms with van der Waals surface area (Å²) in [6.45, 7) is 1.71. The van der Waals surface area contributed by atoms with Crippen LogP contribution in [-0.4, -0.2) is 21.7 Å². The number of carbonyl (C=O) groups excluding carboxylic acids is 2. The maximum Gasteiger partial charge on any atom is 0.291 e. The largest absolute Gasteiger partial charge is 0.484 e. The van der Waals surface area contributed by atoms with Crippen LogP contribution in [0.15, 0.2) is 52.9 Å². The van der Waals surface area contributed by atoms with Crippen molar-refractivity contribution in [2.24, 2.45) is 5.73 Å². The van der Waals surface area contributed by atoms with E-state index >= 15 is 0 Å². The number of nitrogens with two attached hydrogens (primary N) is 1. The molecule has 5 rings (SSSR count). The summed E-state index contributed by atoms with van der Waals surface area (Å²) in [6, 6.07) is 11.4. The van der Waals surface area contributed by atoms with Gasteiger partial charge >= 0.3 is 0 Å². The lowest BCUT2D eigenvalue weighted by Gasteiger charge is -2.09. The number of rotatable bonds is 9. The third-order valence-corrected chi connectivity index (χ3v) is 8.18. The van der Waals surface area contributed by atoms with Crippen molar-refractivity contribution in [3.8, 4) is 16.2 Å². The highest BCUT2D eigenvalue weighted by Crippen LogP contribution is 2.44. The number of alkyl halides is 2. The molecule has 5 aromatic rings. The fraction of sp³-hybridized carbons (Fsp3) is 0.115. The molecule has 0 unspecified atom stereocenters. The molecule has 210 valence electrons. The van der Waals surface area contributed by atoms with Crippen LogP contribution in [0.1, 0.15) is 43.0 Å². The first kappa shape index (κ1) is 28.1. The van der Waals surface area contributed by atoms with Gasteiger partial charge in [-0.05, 0) is 43.3 Å². The number of aromatic nitrogens is 1. The molecule has 0 aliphatic heterocycles. The quantitative estimate of drug-likeness (QED) is 0.129. The fourth-order valence-electron chi connectivity index (χ4n) is 3.92. The summed E-state index contributed by atoms with van der Waals surface area (Å²) in [5.74, 6) is -1.35. The predicted molar refractivity (Wildman–Crippen MR) is 150 cm³/mol. The van der Waals surface area contributed by atoms with Crippen LogP contribution in [0.5, 0.6) is 5.75 Å². The molecule has 0 saturated heterocycles. The van der Waals surface area contributed by atoms with Crippen LogP contribution < -0.4 is 15.8 Å². The van der Waals surface area contributed by atoms with Crippen molar-refractivity contribution in [2.45, 2.75) is 20.0 Å². The number of pyridine rings is 1. The van der Waals surface area contributed by atoms with Crippen molar-refractivity contribution < 1.29 is 32.4 Å². The molecule has 3 N–H and O–H groups in total. The standard InChI is InChI=1S/C26H17ClF2N4O6S2/c1-11-2-7-19(40-11)14-9-16(23(28)29)31-26-20(14)21(22(41-26)24(30)34)32-25(35)18-6-4-13(39-18)10-38-17-5-3-12(33(36)37)8-15(17)27/h2-9,23H,10H2,1H3,(H2,30,34)(H,32,35). The molecule has 0 aliphatic carbocycles. The van der Waals surface area contributed by atoms with Gasteiger partial charge in [0, 0.05) is 32.8 Å². The monoisotopic (exact) mass is 618 g/mol. The summed E-state index contributed by atoms with van der Waals surface area (Å²) in [5, 5.41) is 13.8. The minimum atomic E-state index is -2.86. The molecule has 4 aromatic heterocycles. The minimum Gasteiger partial charge on any atom is -0.484 e. The van der Waals surface area contributed by atoms with Crippen LogP contribution in [0.4, 0.5) is 20.2 Å². The van der Waals surface area contributed by atoms with E-state index in [2.05, 4.69) is 10.3 Å².